The summed E-state index contributed by atoms with van der Waals surface area (Å²) in [5, 5.41) is 3.30. The number of hydrogen-bond donors (Lipinski definition) is 1. The number of carbonyl (C=O) groups is 1. The van der Waals surface area contributed by atoms with Crippen LogP contribution in [0.3, 0.4) is 0 Å². The first-order valence-corrected chi connectivity index (χ1v) is 9.17. The van der Waals surface area contributed by atoms with Crippen LogP contribution >= 0.6 is 0 Å². The highest BCUT2D eigenvalue weighted by molar-refractivity contribution is 5.92. The van der Waals surface area contributed by atoms with Gasteiger partial charge in [-0.25, -0.2) is 0 Å². The van der Waals surface area contributed by atoms with Crippen LogP contribution in [0.15, 0.2) is 18.2 Å². The first-order valence-electron chi connectivity index (χ1n) is 9.17. The maximum absolute atomic E-state index is 13.3. The second-order valence-electron chi connectivity index (χ2n) is 7.95. The normalized spacial score (nSPS) is 35.2. The van der Waals surface area contributed by atoms with Crippen LogP contribution in [0.5, 0.6) is 0 Å². The average molecular weight is 366 g/mol. The molecule has 3 saturated heterocycles. The Morgan fingerprint density at radius 2 is 2.04 bits per heavy atom. The van der Waals surface area contributed by atoms with Crippen molar-refractivity contribution in [2.45, 2.75) is 31.0 Å². The summed E-state index contributed by atoms with van der Waals surface area (Å²) < 4.78 is 44.8. The van der Waals surface area contributed by atoms with Gasteiger partial charge < -0.3 is 15.0 Å². The summed E-state index contributed by atoms with van der Waals surface area (Å²) in [7, 11) is 1.39. The molecule has 6 rings (SSSR count). The monoisotopic (exact) mass is 366 g/mol. The van der Waals surface area contributed by atoms with Crippen molar-refractivity contribution in [2.24, 2.45) is 17.3 Å². The van der Waals surface area contributed by atoms with Crippen molar-refractivity contribution in [3.8, 4) is 0 Å². The zero-order valence-electron chi connectivity index (χ0n) is 14.5. The van der Waals surface area contributed by atoms with Crippen molar-refractivity contribution >= 4 is 11.7 Å². The van der Waals surface area contributed by atoms with E-state index in [2.05, 4.69) is 10.2 Å². The first-order chi connectivity index (χ1) is 12.4. The van der Waals surface area contributed by atoms with Gasteiger partial charge in [-0.05, 0) is 49.5 Å². The molecule has 5 aliphatic rings. The number of nitrogens with one attached hydrogen (secondary N) is 1. The third-order valence-corrected chi connectivity index (χ3v) is 6.92. The third-order valence-electron chi connectivity index (χ3n) is 6.92. The number of hydrogen-bond acceptors (Lipinski definition) is 4. The van der Waals surface area contributed by atoms with E-state index in [1.54, 1.807) is 6.07 Å². The maximum Gasteiger partial charge on any atom is 0.416 e. The van der Waals surface area contributed by atoms with E-state index in [-0.39, 0.29) is 29.8 Å². The van der Waals surface area contributed by atoms with Crippen molar-refractivity contribution in [3.05, 3.63) is 29.3 Å². The van der Waals surface area contributed by atoms with E-state index in [4.69, 9.17) is 4.74 Å². The minimum absolute atomic E-state index is 0.0175. The topological polar surface area (TPSA) is 41.6 Å². The van der Waals surface area contributed by atoms with Crippen LogP contribution in [-0.2, 0) is 15.7 Å². The maximum atomic E-state index is 13.3. The summed E-state index contributed by atoms with van der Waals surface area (Å²) in [4.78, 5) is 14.2. The standard InChI is InChI=1S/C19H21F3N2O2/c1-26-17(25)18-13-9-24(16(18)15(13)18)14-8-11(19(20,21)22)2-3-12(14)10-4-6-23-7-5-10/h2-3,8,10,13,15-16,23H,4-7,9H2,1H3/t13-,15-,16?,18-/m1/s1. The number of esters is 1. The Kier molecular flexibility index (Phi) is 3.25. The van der Waals surface area contributed by atoms with Crippen LogP contribution in [0, 0.1) is 17.3 Å². The average Bonchev–Trinajstić information content (AvgIpc) is 3.38. The van der Waals surface area contributed by atoms with Crippen molar-refractivity contribution in [1.29, 1.82) is 0 Å². The molecule has 3 heterocycles. The van der Waals surface area contributed by atoms with Crippen LogP contribution in [0.1, 0.15) is 29.9 Å². The van der Waals surface area contributed by atoms with E-state index >= 15 is 0 Å². The summed E-state index contributed by atoms with van der Waals surface area (Å²) in [6, 6.07) is 4.17. The van der Waals surface area contributed by atoms with E-state index < -0.39 is 17.2 Å². The number of carbonyl (C=O) groups excluding carboxylic acids is 1. The van der Waals surface area contributed by atoms with Crippen molar-refractivity contribution in [2.75, 3.05) is 31.6 Å². The van der Waals surface area contributed by atoms with Gasteiger partial charge in [0, 0.05) is 24.1 Å². The fraction of sp³-hybridized carbons (Fsp3) is 0.632. The van der Waals surface area contributed by atoms with Gasteiger partial charge >= 0.3 is 12.1 Å². The summed E-state index contributed by atoms with van der Waals surface area (Å²) in [5.41, 5.74) is 0.615. The molecule has 1 unspecified atom stereocenters. The van der Waals surface area contributed by atoms with E-state index in [1.807, 2.05) is 0 Å². The molecule has 0 radical (unpaired) electrons. The lowest BCUT2D eigenvalue weighted by atomic mass is 9.88. The summed E-state index contributed by atoms with van der Waals surface area (Å²) in [6.45, 7) is 2.42. The number of fused-ring (bicyclic) bond motifs is 1. The molecule has 0 spiro atoms. The summed E-state index contributed by atoms with van der Waals surface area (Å²) >= 11 is 0. The van der Waals surface area contributed by atoms with Gasteiger partial charge in [-0.2, -0.15) is 13.2 Å². The second-order valence-corrected chi connectivity index (χ2v) is 7.95. The lowest BCUT2D eigenvalue weighted by molar-refractivity contribution is -0.145. The largest absolute Gasteiger partial charge is 0.469 e. The van der Waals surface area contributed by atoms with Gasteiger partial charge in [-0.1, -0.05) is 6.07 Å². The highest BCUT2D eigenvalue weighted by Gasteiger charge is 2.96. The molecule has 1 aromatic rings. The minimum atomic E-state index is -4.36. The smallest absolute Gasteiger partial charge is 0.416 e. The highest BCUT2D eigenvalue weighted by atomic mass is 19.4. The number of rotatable bonds is 3. The number of benzene rings is 1. The Morgan fingerprint density at radius 1 is 1.31 bits per heavy atom. The number of piperidine rings is 2. The quantitative estimate of drug-likeness (QED) is 0.836. The van der Waals surface area contributed by atoms with Gasteiger partial charge in [0.2, 0.25) is 0 Å². The Bertz CT molecular complexity index is 769. The SMILES string of the molecule is COC(=O)[C@@]12C3[C@H]1[C@H]2CN3c1cc(C(F)(F)F)ccc1C1CCNCC1. The van der Waals surface area contributed by atoms with Crippen molar-refractivity contribution in [3.63, 3.8) is 0 Å². The van der Waals surface area contributed by atoms with Crippen LogP contribution in [0.4, 0.5) is 18.9 Å². The molecular formula is C19H21F3N2O2. The predicted octanol–water partition coefficient (Wildman–Crippen LogP) is 2.78. The second kappa shape index (κ2) is 5.15. The van der Waals surface area contributed by atoms with Gasteiger partial charge in [-0.15, -0.1) is 0 Å². The van der Waals surface area contributed by atoms with Gasteiger partial charge in [0.25, 0.3) is 0 Å². The number of anilines is 1. The van der Waals surface area contributed by atoms with Crippen molar-refractivity contribution in [1.82, 2.24) is 5.32 Å². The first kappa shape index (κ1) is 16.4. The predicted molar refractivity (Wildman–Crippen MR) is 88.9 cm³/mol. The van der Waals surface area contributed by atoms with Crippen LogP contribution in [0.25, 0.3) is 0 Å². The van der Waals surface area contributed by atoms with Gasteiger partial charge in [0.1, 0.15) is 0 Å². The van der Waals surface area contributed by atoms with Gasteiger partial charge in [-0.3, -0.25) is 4.79 Å². The molecule has 2 saturated carbocycles. The van der Waals surface area contributed by atoms with Crippen LogP contribution < -0.4 is 10.2 Å². The van der Waals surface area contributed by atoms with Crippen LogP contribution in [0.2, 0.25) is 0 Å². The molecule has 4 atom stereocenters. The van der Waals surface area contributed by atoms with E-state index in [1.165, 1.54) is 19.2 Å². The summed E-state index contributed by atoms with van der Waals surface area (Å²) in [5.74, 6) is 0.575. The van der Waals surface area contributed by atoms with Gasteiger partial charge in [0.05, 0.1) is 24.1 Å². The molecule has 1 aromatic carbocycles. The highest BCUT2D eigenvalue weighted by Crippen LogP contribution is 2.86. The molecule has 2 bridgehead atoms. The molecule has 7 heteroatoms. The fourth-order valence-corrected chi connectivity index (χ4v) is 5.57. The number of nitrogens with zero attached hydrogens (tertiary/aromatic N) is 1. The lowest BCUT2D eigenvalue weighted by Crippen LogP contribution is -2.30. The van der Waals surface area contributed by atoms with Gasteiger partial charge in [0.15, 0.2) is 0 Å². The van der Waals surface area contributed by atoms with E-state index in [0.29, 0.717) is 12.2 Å². The molecule has 2 aliphatic carbocycles. The Morgan fingerprint density at radius 3 is 2.65 bits per heavy atom. The summed E-state index contributed by atoms with van der Waals surface area (Å²) in [6.07, 6.45) is -2.52. The molecule has 1 N–H and O–H groups in total. The Labute approximate surface area is 149 Å². The van der Waals surface area contributed by atoms with Crippen molar-refractivity contribution < 1.29 is 22.7 Å². The molecule has 4 nitrogen and oxygen atoms in total. The number of methoxy groups -OCH3 is 1. The molecule has 140 valence electrons. The Balaban J connectivity index is 1.52. The molecular weight excluding hydrogens is 345 g/mol. The number of alkyl halides is 3. The molecule has 0 aromatic heterocycles. The Hall–Kier alpha value is -1.76. The molecule has 5 fully saturated rings. The zero-order chi connectivity index (χ0) is 18.3. The molecule has 3 aliphatic heterocycles. The zero-order valence-corrected chi connectivity index (χ0v) is 14.5. The molecule has 26 heavy (non-hydrogen) atoms. The van der Waals surface area contributed by atoms with Crippen LogP contribution in [-0.4, -0.2) is 38.8 Å². The third kappa shape index (κ3) is 1.98. The van der Waals surface area contributed by atoms with E-state index in [0.717, 1.165) is 31.5 Å². The lowest BCUT2D eigenvalue weighted by Gasteiger charge is -2.30. The minimum Gasteiger partial charge on any atom is -0.469 e. The molecule has 0 amide bonds. The number of ether oxygens (including phenoxy) is 1. The van der Waals surface area contributed by atoms with E-state index in [9.17, 15) is 18.0 Å². The fourth-order valence-electron chi connectivity index (χ4n) is 5.57. The number of halogens is 3.